The van der Waals surface area contributed by atoms with Crippen molar-refractivity contribution in [3.8, 4) is 0 Å². The Hall–Kier alpha value is -1.85. The molecule has 22 heavy (non-hydrogen) atoms. The number of halogens is 1. The molecule has 2 aromatic rings. The van der Waals surface area contributed by atoms with Crippen LogP contribution in [0.1, 0.15) is 41.3 Å². The number of nitrogens with one attached hydrogen (secondary N) is 2. The number of benzene rings is 1. The van der Waals surface area contributed by atoms with Gasteiger partial charge in [0.2, 0.25) is 0 Å². The van der Waals surface area contributed by atoms with Crippen LogP contribution in [-0.4, -0.2) is 28.5 Å². The number of hydrogen-bond donors (Lipinski definition) is 2. The average Bonchev–Trinajstić information content (AvgIpc) is 2.97. The van der Waals surface area contributed by atoms with Crippen molar-refractivity contribution in [3.05, 3.63) is 53.6 Å². The fourth-order valence-electron chi connectivity index (χ4n) is 2.61. The van der Waals surface area contributed by atoms with Crippen LogP contribution in [0, 0.1) is 0 Å². The van der Waals surface area contributed by atoms with E-state index in [4.69, 9.17) is 0 Å². The van der Waals surface area contributed by atoms with Gasteiger partial charge >= 0.3 is 0 Å². The third kappa shape index (κ3) is 3.31. The summed E-state index contributed by atoms with van der Waals surface area (Å²) in [6.45, 7) is 4.43. The first-order valence-corrected chi connectivity index (χ1v) is 7.43. The highest BCUT2D eigenvalue weighted by atomic mass is 35.5. The highest BCUT2D eigenvalue weighted by Crippen LogP contribution is 2.24. The molecular weight excluding hydrogens is 300 g/mol. The second-order valence-corrected chi connectivity index (χ2v) is 5.23. The van der Waals surface area contributed by atoms with E-state index in [2.05, 4.69) is 32.3 Å². The quantitative estimate of drug-likeness (QED) is 0.907. The lowest BCUT2D eigenvalue weighted by atomic mass is 10.1. The molecule has 1 aliphatic heterocycles. The smallest absolute Gasteiger partial charge is 0.271 e. The van der Waals surface area contributed by atoms with E-state index in [1.165, 1.54) is 5.56 Å². The third-order valence-corrected chi connectivity index (χ3v) is 3.67. The van der Waals surface area contributed by atoms with Crippen LogP contribution in [-0.2, 0) is 6.54 Å². The Morgan fingerprint density at radius 1 is 1.41 bits per heavy atom. The zero-order chi connectivity index (χ0) is 14.7. The van der Waals surface area contributed by atoms with Crippen molar-refractivity contribution >= 4 is 18.3 Å². The second-order valence-electron chi connectivity index (χ2n) is 5.23. The molecule has 1 aromatic carbocycles. The summed E-state index contributed by atoms with van der Waals surface area (Å²) < 4.78 is 2.08. The fourth-order valence-corrected chi connectivity index (χ4v) is 2.61. The van der Waals surface area contributed by atoms with E-state index >= 15 is 0 Å². The number of amides is 1. The minimum atomic E-state index is -0.0921. The summed E-state index contributed by atoms with van der Waals surface area (Å²) in [6.07, 6.45) is 2.78. The van der Waals surface area contributed by atoms with E-state index in [1.54, 1.807) is 0 Å². The summed E-state index contributed by atoms with van der Waals surface area (Å²) in [5.74, 6) is 0.819. The van der Waals surface area contributed by atoms with Gasteiger partial charge in [-0.25, -0.2) is 4.98 Å². The van der Waals surface area contributed by atoms with Gasteiger partial charge in [0, 0.05) is 25.8 Å². The van der Waals surface area contributed by atoms with Gasteiger partial charge < -0.3 is 15.2 Å². The summed E-state index contributed by atoms with van der Waals surface area (Å²) in [7, 11) is 0. The van der Waals surface area contributed by atoms with Gasteiger partial charge in [0.05, 0.1) is 6.04 Å². The molecular formula is C16H21ClN4O. The van der Waals surface area contributed by atoms with Gasteiger partial charge in [-0.2, -0.15) is 0 Å². The SMILES string of the molecule is CCCNC(=O)c1cn2c(n1)C(c1ccccc1)NCC2.Cl. The summed E-state index contributed by atoms with van der Waals surface area (Å²) in [4.78, 5) is 16.6. The number of carbonyl (C=O) groups is 1. The zero-order valence-electron chi connectivity index (χ0n) is 12.6. The van der Waals surface area contributed by atoms with Crippen molar-refractivity contribution in [1.29, 1.82) is 0 Å². The molecule has 0 bridgehead atoms. The molecule has 0 saturated heterocycles. The van der Waals surface area contributed by atoms with Gasteiger partial charge in [-0.3, -0.25) is 4.79 Å². The van der Waals surface area contributed by atoms with Crippen LogP contribution in [0.15, 0.2) is 36.5 Å². The molecule has 2 heterocycles. The summed E-state index contributed by atoms with van der Waals surface area (Å²) >= 11 is 0. The lowest BCUT2D eigenvalue weighted by Crippen LogP contribution is -2.34. The van der Waals surface area contributed by atoms with Crippen molar-refractivity contribution in [2.45, 2.75) is 25.9 Å². The standard InChI is InChI=1S/C16H20N4O.ClH/c1-2-8-18-16(21)13-11-20-10-9-17-14(15(20)19-13)12-6-4-3-5-7-12;/h3-7,11,14,17H,2,8-10H2,1H3,(H,18,21);1H. The number of fused-ring (bicyclic) bond motifs is 1. The maximum Gasteiger partial charge on any atom is 0.271 e. The Kier molecular flexibility index (Phi) is 5.57. The molecule has 0 aliphatic carbocycles. The first-order chi connectivity index (χ1) is 10.3. The maximum absolute atomic E-state index is 12.1. The van der Waals surface area contributed by atoms with Crippen LogP contribution >= 0.6 is 12.4 Å². The van der Waals surface area contributed by atoms with Crippen LogP contribution in [0.2, 0.25) is 0 Å². The van der Waals surface area contributed by atoms with E-state index in [9.17, 15) is 4.79 Å². The van der Waals surface area contributed by atoms with Crippen molar-refractivity contribution in [2.24, 2.45) is 0 Å². The second kappa shape index (κ2) is 7.42. The summed E-state index contributed by atoms with van der Waals surface area (Å²) in [5, 5.41) is 6.35. The minimum Gasteiger partial charge on any atom is -0.351 e. The summed E-state index contributed by atoms with van der Waals surface area (Å²) in [5.41, 5.74) is 1.67. The Bertz CT molecular complexity index is 626. The van der Waals surface area contributed by atoms with Gasteiger partial charge in [0.25, 0.3) is 5.91 Å². The lowest BCUT2D eigenvalue weighted by molar-refractivity contribution is 0.0949. The molecule has 118 valence electrons. The molecule has 6 heteroatoms. The van der Waals surface area contributed by atoms with E-state index in [0.717, 1.165) is 25.3 Å². The molecule has 3 rings (SSSR count). The van der Waals surface area contributed by atoms with E-state index in [-0.39, 0.29) is 24.4 Å². The van der Waals surface area contributed by atoms with Gasteiger partial charge in [-0.05, 0) is 12.0 Å². The van der Waals surface area contributed by atoms with Crippen LogP contribution in [0.4, 0.5) is 0 Å². The molecule has 2 N–H and O–H groups in total. The third-order valence-electron chi connectivity index (χ3n) is 3.67. The molecule has 1 aromatic heterocycles. The number of carbonyl (C=O) groups excluding carboxylic acids is 1. The molecule has 1 amide bonds. The van der Waals surface area contributed by atoms with Gasteiger partial charge in [0.1, 0.15) is 11.5 Å². The molecule has 0 radical (unpaired) electrons. The first-order valence-electron chi connectivity index (χ1n) is 7.43. The van der Waals surface area contributed by atoms with E-state index in [1.807, 2.05) is 31.3 Å². The van der Waals surface area contributed by atoms with Crippen molar-refractivity contribution in [3.63, 3.8) is 0 Å². The monoisotopic (exact) mass is 320 g/mol. The molecule has 0 spiro atoms. The number of imidazole rings is 1. The Balaban J connectivity index is 0.00000176. The van der Waals surface area contributed by atoms with E-state index < -0.39 is 0 Å². The van der Waals surface area contributed by atoms with E-state index in [0.29, 0.717) is 12.2 Å². The number of rotatable bonds is 4. The van der Waals surface area contributed by atoms with Crippen LogP contribution in [0.5, 0.6) is 0 Å². The topological polar surface area (TPSA) is 59.0 Å². The maximum atomic E-state index is 12.1. The molecule has 5 nitrogen and oxygen atoms in total. The highest BCUT2D eigenvalue weighted by Gasteiger charge is 2.25. The normalized spacial score (nSPS) is 16.5. The number of nitrogens with zero attached hydrogens (tertiary/aromatic N) is 2. The first kappa shape index (κ1) is 16.5. The highest BCUT2D eigenvalue weighted by molar-refractivity contribution is 5.92. The zero-order valence-corrected chi connectivity index (χ0v) is 13.4. The fraction of sp³-hybridized carbons (Fsp3) is 0.375. The van der Waals surface area contributed by atoms with Crippen LogP contribution in [0.3, 0.4) is 0 Å². The van der Waals surface area contributed by atoms with Gasteiger partial charge in [-0.1, -0.05) is 37.3 Å². The predicted octanol–water partition coefficient (Wildman–Crippen LogP) is 2.14. The molecule has 1 unspecified atom stereocenters. The van der Waals surface area contributed by atoms with Gasteiger partial charge in [0.15, 0.2) is 0 Å². The molecule has 1 atom stereocenters. The van der Waals surface area contributed by atoms with Crippen LogP contribution in [0.25, 0.3) is 0 Å². The van der Waals surface area contributed by atoms with Gasteiger partial charge in [-0.15, -0.1) is 12.4 Å². The molecule has 0 saturated carbocycles. The van der Waals surface area contributed by atoms with Crippen molar-refractivity contribution in [2.75, 3.05) is 13.1 Å². The Morgan fingerprint density at radius 2 is 2.18 bits per heavy atom. The molecule has 0 fully saturated rings. The van der Waals surface area contributed by atoms with Crippen LogP contribution < -0.4 is 10.6 Å². The number of hydrogen-bond acceptors (Lipinski definition) is 3. The minimum absolute atomic E-state index is 0. The molecule has 1 aliphatic rings. The Labute approximate surface area is 136 Å². The van der Waals surface area contributed by atoms with Crippen molar-refractivity contribution in [1.82, 2.24) is 20.2 Å². The lowest BCUT2D eigenvalue weighted by Gasteiger charge is -2.25. The van der Waals surface area contributed by atoms with Crippen molar-refractivity contribution < 1.29 is 4.79 Å². The Morgan fingerprint density at radius 3 is 2.91 bits per heavy atom. The predicted molar refractivity (Wildman–Crippen MR) is 88.4 cm³/mol. The summed E-state index contributed by atoms with van der Waals surface area (Å²) in [6, 6.07) is 10.3. The largest absolute Gasteiger partial charge is 0.351 e. The average molecular weight is 321 g/mol. The number of aromatic nitrogens is 2.